The number of fused-ring (bicyclic) bond motifs is 2. The second-order valence-electron chi connectivity index (χ2n) is 6.11. The molecule has 0 spiro atoms. The summed E-state index contributed by atoms with van der Waals surface area (Å²) in [4.78, 5) is 15.5. The number of anilines is 1. The third-order valence-electron chi connectivity index (χ3n) is 4.21. The molecule has 5 rings (SSSR count). The largest absolute Gasteiger partial charge is 0.455 e. The molecule has 0 saturated heterocycles. The number of furan rings is 1. The van der Waals surface area contributed by atoms with Gasteiger partial charge in [0.15, 0.2) is 11.5 Å². The average Bonchev–Trinajstić information content (AvgIpc) is 3.45. The van der Waals surface area contributed by atoms with Crippen LogP contribution in [-0.2, 0) is 0 Å². The molecule has 0 radical (unpaired) electrons. The number of aromatic nitrogens is 1. The Labute approximate surface area is 167 Å². The minimum atomic E-state index is -0.446. The molecule has 1 aliphatic heterocycles. The van der Waals surface area contributed by atoms with E-state index < -0.39 is 4.92 Å². The Bertz CT molecular complexity index is 1220. The molecule has 0 atom stereocenters. The van der Waals surface area contributed by atoms with Crippen LogP contribution in [0.25, 0.3) is 21.6 Å². The highest BCUT2D eigenvalue weighted by Gasteiger charge is 2.17. The minimum Gasteiger partial charge on any atom is -0.455 e. The summed E-state index contributed by atoms with van der Waals surface area (Å²) in [5, 5.41) is 16.4. The van der Waals surface area contributed by atoms with Crippen molar-refractivity contribution in [2.45, 2.75) is 0 Å². The Kier molecular flexibility index (Phi) is 4.10. The quantitative estimate of drug-likeness (QED) is 0.291. The SMILES string of the molecule is O=[N+]([O-])c1cccc(/C=N/Nc2ncc(-c3cc4cc5c(cc4o3)OCO5)s2)c1. The predicted molar refractivity (Wildman–Crippen MR) is 108 cm³/mol. The van der Waals surface area contributed by atoms with Crippen LogP contribution < -0.4 is 14.9 Å². The van der Waals surface area contributed by atoms with Gasteiger partial charge in [0.1, 0.15) is 11.3 Å². The normalized spacial score (nSPS) is 12.7. The third kappa shape index (κ3) is 3.36. The standard InChI is InChI=1S/C19H12N4O5S/c24-23(25)13-3-1-2-11(4-13)8-21-22-19-20-9-18(29-19)17-6-12-5-15-16(27-10-26-15)7-14(12)28-17/h1-9H,10H2,(H,20,22)/b21-8+. The molecule has 1 N–H and O–H groups in total. The van der Waals surface area contributed by atoms with E-state index in [0.29, 0.717) is 33.5 Å². The van der Waals surface area contributed by atoms with Gasteiger partial charge in [0.05, 0.1) is 22.2 Å². The number of hydrogen-bond acceptors (Lipinski definition) is 9. The smallest absolute Gasteiger partial charge is 0.270 e. The second kappa shape index (κ2) is 6.91. The minimum absolute atomic E-state index is 0.0112. The van der Waals surface area contributed by atoms with Crippen LogP contribution in [-0.4, -0.2) is 22.9 Å². The molecule has 4 aromatic rings. The van der Waals surface area contributed by atoms with E-state index in [1.54, 1.807) is 18.3 Å². The van der Waals surface area contributed by atoms with Crippen LogP contribution >= 0.6 is 11.3 Å². The van der Waals surface area contributed by atoms with E-state index >= 15 is 0 Å². The van der Waals surface area contributed by atoms with Gasteiger partial charge in [-0.15, -0.1) is 0 Å². The number of non-ortho nitro benzene ring substituents is 1. The number of thiazole rings is 1. The summed E-state index contributed by atoms with van der Waals surface area (Å²) in [6, 6.07) is 11.8. The van der Waals surface area contributed by atoms with Crippen LogP contribution in [0.3, 0.4) is 0 Å². The Morgan fingerprint density at radius 1 is 1.21 bits per heavy atom. The van der Waals surface area contributed by atoms with E-state index in [1.165, 1.54) is 29.7 Å². The Hall–Kier alpha value is -3.92. The van der Waals surface area contributed by atoms with E-state index in [2.05, 4.69) is 15.5 Å². The van der Waals surface area contributed by atoms with Crippen LogP contribution in [0, 0.1) is 10.1 Å². The van der Waals surface area contributed by atoms with Gasteiger partial charge < -0.3 is 13.9 Å². The zero-order chi connectivity index (χ0) is 19.8. The molecule has 1 aliphatic rings. The van der Waals surface area contributed by atoms with E-state index in [4.69, 9.17) is 13.9 Å². The van der Waals surface area contributed by atoms with Crippen LogP contribution in [0.2, 0.25) is 0 Å². The van der Waals surface area contributed by atoms with Gasteiger partial charge in [0.2, 0.25) is 11.9 Å². The van der Waals surface area contributed by atoms with Crippen molar-refractivity contribution in [1.82, 2.24) is 4.98 Å². The molecular weight excluding hydrogens is 396 g/mol. The first-order chi connectivity index (χ1) is 14.2. The summed E-state index contributed by atoms with van der Waals surface area (Å²) < 4.78 is 16.7. The lowest BCUT2D eigenvalue weighted by Gasteiger charge is -1.95. The van der Waals surface area contributed by atoms with Gasteiger partial charge in [-0.05, 0) is 12.1 Å². The Morgan fingerprint density at radius 3 is 2.93 bits per heavy atom. The molecule has 10 heteroatoms. The molecular formula is C19H12N4O5S. The van der Waals surface area contributed by atoms with Crippen LogP contribution in [0.4, 0.5) is 10.8 Å². The number of rotatable bonds is 5. The fraction of sp³-hybridized carbons (Fsp3) is 0.0526. The molecule has 0 saturated carbocycles. The number of hydrogen-bond donors (Lipinski definition) is 1. The molecule has 0 aliphatic carbocycles. The molecule has 9 nitrogen and oxygen atoms in total. The summed E-state index contributed by atoms with van der Waals surface area (Å²) in [6.45, 7) is 0.218. The van der Waals surface area contributed by atoms with Gasteiger partial charge in [-0.3, -0.25) is 15.5 Å². The van der Waals surface area contributed by atoms with Gasteiger partial charge in [-0.1, -0.05) is 23.5 Å². The highest BCUT2D eigenvalue weighted by molar-refractivity contribution is 7.18. The van der Waals surface area contributed by atoms with E-state index in [-0.39, 0.29) is 12.5 Å². The lowest BCUT2D eigenvalue weighted by molar-refractivity contribution is -0.384. The van der Waals surface area contributed by atoms with Crippen molar-refractivity contribution in [1.29, 1.82) is 0 Å². The highest BCUT2D eigenvalue weighted by atomic mass is 32.1. The van der Waals surface area contributed by atoms with Crippen molar-refractivity contribution in [3.8, 4) is 22.1 Å². The fourth-order valence-electron chi connectivity index (χ4n) is 2.87. The van der Waals surface area contributed by atoms with Crippen molar-refractivity contribution in [3.63, 3.8) is 0 Å². The number of nitrogens with one attached hydrogen (secondary N) is 1. The molecule has 2 aromatic carbocycles. The van der Waals surface area contributed by atoms with Crippen molar-refractivity contribution >= 4 is 39.3 Å². The maximum atomic E-state index is 10.8. The number of ether oxygens (including phenoxy) is 2. The first-order valence-corrected chi connectivity index (χ1v) is 9.30. The van der Waals surface area contributed by atoms with Crippen molar-refractivity contribution < 1.29 is 18.8 Å². The average molecular weight is 408 g/mol. The zero-order valence-electron chi connectivity index (χ0n) is 14.7. The molecule has 2 aromatic heterocycles. The van der Waals surface area contributed by atoms with Gasteiger partial charge in [0, 0.05) is 29.1 Å². The summed E-state index contributed by atoms with van der Waals surface area (Å²) in [5.74, 6) is 2.05. The molecule has 144 valence electrons. The number of nitro benzene ring substituents is 1. The number of nitro groups is 1. The maximum Gasteiger partial charge on any atom is 0.270 e. The third-order valence-corrected chi connectivity index (χ3v) is 5.13. The summed E-state index contributed by atoms with van der Waals surface area (Å²) in [6.07, 6.45) is 3.19. The van der Waals surface area contributed by atoms with E-state index in [1.807, 2.05) is 18.2 Å². The van der Waals surface area contributed by atoms with Gasteiger partial charge >= 0.3 is 0 Å². The Balaban J connectivity index is 1.32. The van der Waals surface area contributed by atoms with Crippen LogP contribution in [0.5, 0.6) is 11.5 Å². The first-order valence-electron chi connectivity index (χ1n) is 8.49. The number of benzene rings is 2. The molecule has 0 bridgehead atoms. The van der Waals surface area contributed by atoms with Gasteiger partial charge in [0.25, 0.3) is 5.69 Å². The van der Waals surface area contributed by atoms with Crippen molar-refractivity contribution in [3.05, 3.63) is 64.3 Å². The van der Waals surface area contributed by atoms with Crippen LogP contribution in [0.15, 0.2) is 58.2 Å². The predicted octanol–water partition coefficient (Wildman–Crippen LogP) is 4.64. The first kappa shape index (κ1) is 17.2. The molecule has 0 fully saturated rings. The fourth-order valence-corrected chi connectivity index (χ4v) is 3.59. The number of hydrazone groups is 1. The molecule has 29 heavy (non-hydrogen) atoms. The van der Waals surface area contributed by atoms with Gasteiger partial charge in [-0.25, -0.2) is 4.98 Å². The molecule has 0 unspecified atom stereocenters. The van der Waals surface area contributed by atoms with Gasteiger partial charge in [-0.2, -0.15) is 5.10 Å². The van der Waals surface area contributed by atoms with E-state index in [0.717, 1.165) is 10.3 Å². The zero-order valence-corrected chi connectivity index (χ0v) is 15.5. The van der Waals surface area contributed by atoms with E-state index in [9.17, 15) is 10.1 Å². The molecule has 0 amide bonds. The number of nitrogens with zero attached hydrogens (tertiary/aromatic N) is 3. The van der Waals surface area contributed by atoms with Crippen molar-refractivity contribution in [2.24, 2.45) is 5.10 Å². The summed E-state index contributed by atoms with van der Waals surface area (Å²) >= 11 is 1.37. The summed E-state index contributed by atoms with van der Waals surface area (Å²) in [7, 11) is 0. The lowest BCUT2D eigenvalue weighted by atomic mass is 10.2. The molecule has 3 heterocycles. The maximum absolute atomic E-state index is 10.8. The second-order valence-corrected chi connectivity index (χ2v) is 7.14. The topological polar surface area (TPSA) is 112 Å². The lowest BCUT2D eigenvalue weighted by Crippen LogP contribution is -1.92. The highest BCUT2D eigenvalue weighted by Crippen LogP contribution is 2.40. The monoisotopic (exact) mass is 408 g/mol. The Morgan fingerprint density at radius 2 is 2.07 bits per heavy atom. The van der Waals surface area contributed by atoms with Crippen LogP contribution in [0.1, 0.15) is 5.56 Å². The van der Waals surface area contributed by atoms with Crippen molar-refractivity contribution in [2.75, 3.05) is 12.2 Å². The summed E-state index contributed by atoms with van der Waals surface area (Å²) in [5.41, 5.74) is 4.15.